The molecule has 0 spiro atoms. The van der Waals surface area contributed by atoms with Crippen LogP contribution in [0, 0.1) is 0 Å². The Kier molecular flexibility index (Phi) is 7.25. The fraction of sp³-hybridized carbons (Fsp3) is 0.500. The molecule has 6 nitrogen and oxygen atoms in total. The van der Waals surface area contributed by atoms with Crippen LogP contribution in [0.5, 0.6) is 5.75 Å². The number of ether oxygens (including phenoxy) is 1. The Bertz CT molecular complexity index is 1220. The topological polar surface area (TPSA) is 64.4 Å². The van der Waals surface area contributed by atoms with Crippen molar-refractivity contribution in [3.63, 3.8) is 0 Å². The number of aryl methyl sites for hydroxylation is 2. The second-order valence-electron chi connectivity index (χ2n) is 9.06. The van der Waals surface area contributed by atoms with Crippen molar-refractivity contribution in [1.82, 2.24) is 14.5 Å². The van der Waals surface area contributed by atoms with Crippen molar-refractivity contribution in [3.8, 4) is 11.4 Å². The number of aromatic nitrogens is 2. The normalized spacial score (nSPS) is 16.7. The summed E-state index contributed by atoms with van der Waals surface area (Å²) in [7, 11) is 1.63. The van der Waals surface area contributed by atoms with Gasteiger partial charge in [0, 0.05) is 18.0 Å². The zero-order valence-corrected chi connectivity index (χ0v) is 21.3. The van der Waals surface area contributed by atoms with E-state index in [1.165, 1.54) is 47.9 Å². The molecule has 8 heteroatoms. The van der Waals surface area contributed by atoms with E-state index >= 15 is 0 Å². The summed E-state index contributed by atoms with van der Waals surface area (Å²) in [5.41, 5.74) is 1.91. The first kappa shape index (κ1) is 23.4. The Morgan fingerprint density at radius 3 is 2.47 bits per heavy atom. The van der Waals surface area contributed by atoms with Crippen LogP contribution in [0.1, 0.15) is 55.4 Å². The number of benzene rings is 1. The van der Waals surface area contributed by atoms with Gasteiger partial charge in [0.15, 0.2) is 5.16 Å². The summed E-state index contributed by atoms with van der Waals surface area (Å²) in [4.78, 5) is 36.0. The van der Waals surface area contributed by atoms with Crippen LogP contribution in [-0.2, 0) is 17.6 Å². The maximum atomic E-state index is 13.9. The molecule has 3 heterocycles. The van der Waals surface area contributed by atoms with Gasteiger partial charge in [0.25, 0.3) is 5.56 Å². The summed E-state index contributed by atoms with van der Waals surface area (Å²) >= 11 is 3.04. The highest BCUT2D eigenvalue weighted by molar-refractivity contribution is 7.99. The number of carbonyl (C=O) groups excluding carboxylic acids is 1. The molecule has 0 N–H and O–H groups in total. The van der Waals surface area contributed by atoms with E-state index in [1.54, 1.807) is 23.0 Å². The molecule has 5 rings (SSSR count). The first-order valence-corrected chi connectivity index (χ1v) is 14.1. The summed E-state index contributed by atoms with van der Waals surface area (Å²) in [6, 6.07) is 7.49. The number of nitrogens with zero attached hydrogens (tertiary/aromatic N) is 3. The fourth-order valence-electron chi connectivity index (χ4n) is 4.96. The van der Waals surface area contributed by atoms with E-state index in [-0.39, 0.29) is 11.5 Å². The molecule has 2 aliphatic rings. The van der Waals surface area contributed by atoms with Crippen molar-refractivity contribution >= 4 is 39.2 Å². The van der Waals surface area contributed by atoms with Gasteiger partial charge in [-0.3, -0.25) is 14.2 Å². The molecule has 1 aliphatic carbocycles. The highest BCUT2D eigenvalue weighted by Crippen LogP contribution is 2.35. The van der Waals surface area contributed by atoms with Gasteiger partial charge in [-0.15, -0.1) is 11.3 Å². The fourth-order valence-corrected chi connectivity index (χ4v) is 7.17. The number of thioether (sulfide) groups is 1. The standard InChI is InChI=1S/C26H31N3O3S2/c1-32-19-13-11-18(12-14-19)29-25(31)23-20-9-5-4-6-10-21(20)34-24(23)27-26(29)33-17-22(30)28-15-7-2-3-8-16-28/h11-14H,2-10,15-17H2,1H3. The van der Waals surface area contributed by atoms with Gasteiger partial charge in [0.05, 0.1) is 23.9 Å². The van der Waals surface area contributed by atoms with Crippen LogP contribution in [0.2, 0.25) is 0 Å². The van der Waals surface area contributed by atoms with Crippen molar-refractivity contribution in [1.29, 1.82) is 0 Å². The van der Waals surface area contributed by atoms with E-state index in [9.17, 15) is 9.59 Å². The second kappa shape index (κ2) is 10.5. The van der Waals surface area contributed by atoms with Crippen molar-refractivity contribution in [2.75, 3.05) is 26.0 Å². The van der Waals surface area contributed by atoms with Crippen molar-refractivity contribution < 1.29 is 9.53 Å². The molecule has 1 aliphatic heterocycles. The lowest BCUT2D eigenvalue weighted by Gasteiger charge is -2.20. The minimum absolute atomic E-state index is 0.0284. The largest absolute Gasteiger partial charge is 0.497 e. The van der Waals surface area contributed by atoms with Gasteiger partial charge in [-0.25, -0.2) is 4.98 Å². The predicted octanol–water partition coefficient (Wildman–Crippen LogP) is 5.22. The van der Waals surface area contributed by atoms with Crippen LogP contribution in [0.4, 0.5) is 0 Å². The van der Waals surface area contributed by atoms with Gasteiger partial charge in [0.1, 0.15) is 10.6 Å². The number of fused-ring (bicyclic) bond motifs is 3. The van der Waals surface area contributed by atoms with Crippen LogP contribution >= 0.6 is 23.1 Å². The average Bonchev–Trinajstić information content (AvgIpc) is 3.06. The molecule has 180 valence electrons. The zero-order valence-electron chi connectivity index (χ0n) is 19.7. The molecule has 3 aromatic rings. The molecule has 1 saturated heterocycles. The number of methoxy groups -OCH3 is 1. The Hall–Kier alpha value is -2.32. The molecule has 1 fully saturated rings. The molecule has 2 aromatic heterocycles. The lowest BCUT2D eigenvalue weighted by Crippen LogP contribution is -2.33. The molecule has 0 atom stereocenters. The highest BCUT2D eigenvalue weighted by Gasteiger charge is 2.23. The molecular weight excluding hydrogens is 466 g/mol. The Balaban J connectivity index is 1.54. The summed E-state index contributed by atoms with van der Waals surface area (Å²) in [6.07, 6.45) is 9.96. The molecule has 0 bridgehead atoms. The molecule has 0 unspecified atom stereocenters. The molecule has 1 amide bonds. The maximum Gasteiger partial charge on any atom is 0.267 e. The monoisotopic (exact) mass is 497 g/mol. The van der Waals surface area contributed by atoms with E-state index < -0.39 is 0 Å². The van der Waals surface area contributed by atoms with Crippen molar-refractivity contribution in [2.24, 2.45) is 0 Å². The minimum atomic E-state index is -0.0284. The minimum Gasteiger partial charge on any atom is -0.497 e. The van der Waals surface area contributed by atoms with Gasteiger partial charge in [-0.1, -0.05) is 31.0 Å². The average molecular weight is 498 g/mol. The number of likely N-dealkylation sites (tertiary alicyclic amines) is 1. The molecule has 1 aromatic carbocycles. The van der Waals surface area contributed by atoms with Gasteiger partial charge in [-0.05, 0) is 68.4 Å². The number of rotatable bonds is 5. The van der Waals surface area contributed by atoms with E-state index in [1.807, 2.05) is 29.2 Å². The van der Waals surface area contributed by atoms with Gasteiger partial charge < -0.3 is 9.64 Å². The highest BCUT2D eigenvalue weighted by atomic mass is 32.2. The van der Waals surface area contributed by atoms with Crippen molar-refractivity contribution in [2.45, 2.75) is 62.9 Å². The number of thiophene rings is 1. The van der Waals surface area contributed by atoms with Gasteiger partial charge >= 0.3 is 0 Å². The number of amides is 1. The maximum absolute atomic E-state index is 13.9. The summed E-state index contributed by atoms with van der Waals surface area (Å²) in [5.74, 6) is 1.16. The molecule has 0 saturated carbocycles. The lowest BCUT2D eigenvalue weighted by atomic mass is 10.1. The SMILES string of the molecule is COc1ccc(-n2c(SCC(=O)N3CCCCCC3)nc3sc4c(c3c2=O)CCCCC4)cc1. The van der Waals surface area contributed by atoms with E-state index in [0.29, 0.717) is 10.9 Å². The Morgan fingerprint density at radius 2 is 1.74 bits per heavy atom. The van der Waals surface area contributed by atoms with Crippen LogP contribution in [0.3, 0.4) is 0 Å². The molecule has 34 heavy (non-hydrogen) atoms. The Morgan fingerprint density at radius 1 is 1.03 bits per heavy atom. The van der Waals surface area contributed by atoms with E-state index in [2.05, 4.69) is 0 Å². The first-order valence-electron chi connectivity index (χ1n) is 12.3. The summed E-state index contributed by atoms with van der Waals surface area (Å²) < 4.78 is 7.01. The Labute approximate surface area is 208 Å². The second-order valence-corrected chi connectivity index (χ2v) is 11.1. The van der Waals surface area contributed by atoms with Crippen LogP contribution in [0.15, 0.2) is 34.2 Å². The van der Waals surface area contributed by atoms with Crippen LogP contribution in [-0.4, -0.2) is 46.3 Å². The summed E-state index contributed by atoms with van der Waals surface area (Å²) in [5, 5.41) is 1.35. The van der Waals surface area contributed by atoms with E-state index in [4.69, 9.17) is 9.72 Å². The lowest BCUT2D eigenvalue weighted by molar-refractivity contribution is -0.128. The number of carbonyl (C=O) groups is 1. The van der Waals surface area contributed by atoms with E-state index in [0.717, 1.165) is 66.8 Å². The zero-order chi connectivity index (χ0) is 23.5. The summed E-state index contributed by atoms with van der Waals surface area (Å²) in [6.45, 7) is 1.66. The number of hydrogen-bond donors (Lipinski definition) is 0. The first-order chi connectivity index (χ1) is 16.7. The smallest absolute Gasteiger partial charge is 0.267 e. The van der Waals surface area contributed by atoms with Crippen LogP contribution < -0.4 is 10.3 Å². The van der Waals surface area contributed by atoms with Gasteiger partial charge in [-0.2, -0.15) is 0 Å². The number of hydrogen-bond acceptors (Lipinski definition) is 6. The van der Waals surface area contributed by atoms with Crippen LogP contribution in [0.25, 0.3) is 15.9 Å². The molecular formula is C26H31N3O3S2. The predicted molar refractivity (Wildman–Crippen MR) is 139 cm³/mol. The van der Waals surface area contributed by atoms with Crippen molar-refractivity contribution in [3.05, 3.63) is 45.1 Å². The third-order valence-electron chi connectivity index (χ3n) is 6.82. The quantitative estimate of drug-likeness (QED) is 0.275. The van der Waals surface area contributed by atoms with Gasteiger partial charge in [0.2, 0.25) is 5.91 Å². The third-order valence-corrected chi connectivity index (χ3v) is 8.93. The third kappa shape index (κ3) is 4.75. The molecule has 0 radical (unpaired) electrons.